The van der Waals surface area contributed by atoms with Crippen LogP contribution in [0.2, 0.25) is 0 Å². The Morgan fingerprint density at radius 2 is 1.50 bits per heavy atom. The van der Waals surface area contributed by atoms with E-state index < -0.39 is 10.0 Å². The van der Waals surface area contributed by atoms with E-state index in [4.69, 9.17) is 0 Å². The third-order valence-electron chi connectivity index (χ3n) is 6.26. The molecule has 2 aromatic rings. The number of piperazine rings is 1. The standard InChI is InChI=1S/C23H32N2O2S/c1-5-23(3,4)21-11-13-22(14-12-21)28(26,27)25-17-15-24(16-18-25)19(2)20-9-7-6-8-10-20/h6-14,19H,5,15-18H2,1-4H3. The molecule has 1 fully saturated rings. The molecule has 1 atom stereocenters. The van der Waals surface area contributed by atoms with Gasteiger partial charge < -0.3 is 0 Å². The predicted octanol–water partition coefficient (Wildman–Crippen LogP) is 4.44. The summed E-state index contributed by atoms with van der Waals surface area (Å²) in [5.74, 6) is 0. The van der Waals surface area contributed by atoms with E-state index in [9.17, 15) is 8.42 Å². The molecule has 5 heteroatoms. The van der Waals surface area contributed by atoms with Crippen molar-refractivity contribution in [1.29, 1.82) is 0 Å². The van der Waals surface area contributed by atoms with Gasteiger partial charge >= 0.3 is 0 Å². The third kappa shape index (κ3) is 4.32. The zero-order valence-corrected chi connectivity index (χ0v) is 18.2. The molecule has 1 heterocycles. The second-order valence-corrected chi connectivity index (χ2v) is 10.2. The van der Waals surface area contributed by atoms with Crippen molar-refractivity contribution >= 4 is 10.0 Å². The van der Waals surface area contributed by atoms with Crippen LogP contribution < -0.4 is 0 Å². The molecule has 0 radical (unpaired) electrons. The molecule has 0 aliphatic carbocycles. The number of sulfonamides is 1. The van der Waals surface area contributed by atoms with Crippen molar-refractivity contribution in [2.45, 2.75) is 50.5 Å². The first-order valence-electron chi connectivity index (χ1n) is 10.2. The largest absolute Gasteiger partial charge is 0.294 e. The Morgan fingerprint density at radius 3 is 2.04 bits per heavy atom. The summed E-state index contributed by atoms with van der Waals surface area (Å²) in [7, 11) is -3.44. The first kappa shape index (κ1) is 21.0. The molecule has 0 spiro atoms. The van der Waals surface area contributed by atoms with Crippen molar-refractivity contribution in [3.05, 3.63) is 65.7 Å². The molecule has 1 aliphatic heterocycles. The fourth-order valence-electron chi connectivity index (χ4n) is 3.70. The number of benzene rings is 2. The van der Waals surface area contributed by atoms with Gasteiger partial charge in [0.15, 0.2) is 0 Å². The van der Waals surface area contributed by atoms with Crippen LogP contribution in [-0.2, 0) is 15.4 Å². The fourth-order valence-corrected chi connectivity index (χ4v) is 5.13. The highest BCUT2D eigenvalue weighted by molar-refractivity contribution is 7.89. The zero-order valence-electron chi connectivity index (χ0n) is 17.4. The Labute approximate surface area is 170 Å². The van der Waals surface area contributed by atoms with Gasteiger partial charge in [-0.25, -0.2) is 8.42 Å². The van der Waals surface area contributed by atoms with Gasteiger partial charge in [-0.05, 0) is 42.0 Å². The maximum atomic E-state index is 13.1. The molecule has 0 bridgehead atoms. The van der Waals surface area contributed by atoms with E-state index in [0.29, 0.717) is 24.0 Å². The van der Waals surface area contributed by atoms with Crippen molar-refractivity contribution in [3.63, 3.8) is 0 Å². The second-order valence-electron chi connectivity index (χ2n) is 8.29. The lowest BCUT2D eigenvalue weighted by molar-refractivity contribution is 0.146. The summed E-state index contributed by atoms with van der Waals surface area (Å²) >= 11 is 0. The van der Waals surface area contributed by atoms with Gasteiger partial charge in [0.05, 0.1) is 4.90 Å². The van der Waals surface area contributed by atoms with Crippen LogP contribution in [0.15, 0.2) is 59.5 Å². The Balaban J connectivity index is 1.68. The Kier molecular flexibility index (Phi) is 6.28. The van der Waals surface area contributed by atoms with Crippen LogP contribution in [-0.4, -0.2) is 43.8 Å². The quantitative estimate of drug-likeness (QED) is 0.720. The Hall–Kier alpha value is -1.69. The molecule has 2 aromatic carbocycles. The molecule has 1 saturated heterocycles. The summed E-state index contributed by atoms with van der Waals surface area (Å²) in [6.45, 7) is 11.3. The minimum atomic E-state index is -3.44. The molecule has 28 heavy (non-hydrogen) atoms. The van der Waals surface area contributed by atoms with E-state index in [1.54, 1.807) is 16.4 Å². The van der Waals surface area contributed by atoms with Crippen LogP contribution in [0.4, 0.5) is 0 Å². The Bertz CT molecular complexity index is 869. The molecule has 0 N–H and O–H groups in total. The molecule has 0 aromatic heterocycles. The molecule has 0 saturated carbocycles. The van der Waals surface area contributed by atoms with Gasteiger partial charge in [-0.15, -0.1) is 0 Å². The van der Waals surface area contributed by atoms with Gasteiger partial charge in [0, 0.05) is 32.2 Å². The molecule has 0 amide bonds. The zero-order chi connectivity index (χ0) is 20.4. The van der Waals surface area contributed by atoms with Crippen molar-refractivity contribution in [1.82, 2.24) is 9.21 Å². The Morgan fingerprint density at radius 1 is 0.929 bits per heavy atom. The van der Waals surface area contributed by atoms with Gasteiger partial charge in [-0.1, -0.05) is 63.2 Å². The molecule has 1 aliphatic rings. The van der Waals surface area contributed by atoms with E-state index >= 15 is 0 Å². The summed E-state index contributed by atoms with van der Waals surface area (Å²) in [6, 6.07) is 18.1. The molecule has 152 valence electrons. The average Bonchev–Trinajstić information content (AvgIpc) is 2.74. The first-order valence-corrected chi connectivity index (χ1v) is 11.6. The lowest BCUT2D eigenvalue weighted by atomic mass is 9.82. The van der Waals surface area contributed by atoms with Crippen LogP contribution in [0.1, 0.15) is 51.3 Å². The summed E-state index contributed by atoms with van der Waals surface area (Å²) < 4.78 is 27.8. The maximum absolute atomic E-state index is 13.1. The molecule has 1 unspecified atom stereocenters. The number of rotatable bonds is 6. The van der Waals surface area contributed by atoms with Gasteiger partial charge in [0.1, 0.15) is 0 Å². The summed E-state index contributed by atoms with van der Waals surface area (Å²) in [5, 5.41) is 0. The summed E-state index contributed by atoms with van der Waals surface area (Å²) in [6.07, 6.45) is 1.01. The predicted molar refractivity (Wildman–Crippen MR) is 115 cm³/mol. The average molecular weight is 401 g/mol. The van der Waals surface area contributed by atoms with Crippen LogP contribution in [0.25, 0.3) is 0 Å². The van der Waals surface area contributed by atoms with Crippen LogP contribution >= 0.6 is 0 Å². The van der Waals surface area contributed by atoms with Crippen molar-refractivity contribution in [2.75, 3.05) is 26.2 Å². The summed E-state index contributed by atoms with van der Waals surface area (Å²) in [4.78, 5) is 2.75. The van der Waals surface area contributed by atoms with Gasteiger partial charge in [-0.2, -0.15) is 4.31 Å². The van der Waals surface area contributed by atoms with Crippen molar-refractivity contribution in [2.24, 2.45) is 0 Å². The molecular weight excluding hydrogens is 368 g/mol. The van der Waals surface area contributed by atoms with E-state index in [-0.39, 0.29) is 5.41 Å². The molecule has 4 nitrogen and oxygen atoms in total. The van der Waals surface area contributed by atoms with Gasteiger partial charge in [0.25, 0.3) is 0 Å². The van der Waals surface area contributed by atoms with E-state index in [0.717, 1.165) is 19.5 Å². The lowest BCUT2D eigenvalue weighted by Crippen LogP contribution is -2.49. The van der Waals surface area contributed by atoms with Crippen LogP contribution in [0.5, 0.6) is 0 Å². The SMILES string of the molecule is CCC(C)(C)c1ccc(S(=O)(=O)N2CCN(C(C)c3ccccc3)CC2)cc1. The highest BCUT2D eigenvalue weighted by Gasteiger charge is 2.30. The lowest BCUT2D eigenvalue weighted by Gasteiger charge is -2.37. The van der Waals surface area contributed by atoms with Crippen LogP contribution in [0, 0.1) is 0 Å². The van der Waals surface area contributed by atoms with Crippen molar-refractivity contribution < 1.29 is 8.42 Å². The monoisotopic (exact) mass is 400 g/mol. The van der Waals surface area contributed by atoms with E-state index in [1.165, 1.54) is 11.1 Å². The minimum Gasteiger partial charge on any atom is -0.294 e. The van der Waals surface area contributed by atoms with Crippen LogP contribution in [0.3, 0.4) is 0 Å². The number of hydrogen-bond donors (Lipinski definition) is 0. The van der Waals surface area contributed by atoms with E-state index in [1.807, 2.05) is 18.2 Å². The topological polar surface area (TPSA) is 40.6 Å². The maximum Gasteiger partial charge on any atom is 0.243 e. The third-order valence-corrected chi connectivity index (χ3v) is 8.17. The normalized spacial score (nSPS) is 18.1. The molecular formula is C23H32N2O2S. The number of hydrogen-bond acceptors (Lipinski definition) is 3. The van der Waals surface area contributed by atoms with Crippen molar-refractivity contribution in [3.8, 4) is 0 Å². The van der Waals surface area contributed by atoms with Gasteiger partial charge in [-0.3, -0.25) is 4.90 Å². The molecule has 3 rings (SSSR count). The minimum absolute atomic E-state index is 0.0570. The smallest absolute Gasteiger partial charge is 0.243 e. The highest BCUT2D eigenvalue weighted by atomic mass is 32.2. The summed E-state index contributed by atoms with van der Waals surface area (Å²) in [5.41, 5.74) is 2.50. The first-order chi connectivity index (χ1) is 13.3. The van der Waals surface area contributed by atoms with E-state index in [2.05, 4.69) is 56.9 Å². The second kappa shape index (κ2) is 8.36. The van der Waals surface area contributed by atoms with Gasteiger partial charge in [0.2, 0.25) is 10.0 Å². The number of nitrogens with zero attached hydrogens (tertiary/aromatic N) is 2. The highest BCUT2D eigenvalue weighted by Crippen LogP contribution is 2.29. The fraction of sp³-hybridized carbons (Fsp3) is 0.478.